The fraction of sp³-hybridized carbons (Fsp3) is 0.536. The van der Waals surface area contributed by atoms with E-state index in [0.29, 0.717) is 36.3 Å². The number of rotatable bonds is 10. The molecule has 0 bridgehead atoms. The SMILES string of the molecule is CCOC(=O)CC(C)N(C)C1CCN(c2ccc(NC(=O)Nc3ccc(OC4CCCC4)nc3)cc2)C1. The number of benzene rings is 1. The molecule has 9 heteroatoms. The van der Waals surface area contributed by atoms with E-state index in [1.807, 2.05) is 31.2 Å². The lowest BCUT2D eigenvalue weighted by Crippen LogP contribution is -2.41. The maximum Gasteiger partial charge on any atom is 0.323 e. The van der Waals surface area contributed by atoms with E-state index in [9.17, 15) is 9.59 Å². The molecule has 9 nitrogen and oxygen atoms in total. The highest BCUT2D eigenvalue weighted by Gasteiger charge is 2.29. The van der Waals surface area contributed by atoms with Gasteiger partial charge in [-0.15, -0.1) is 0 Å². The minimum absolute atomic E-state index is 0.125. The number of carbonyl (C=O) groups is 2. The fourth-order valence-electron chi connectivity index (χ4n) is 5.02. The summed E-state index contributed by atoms with van der Waals surface area (Å²) in [6.45, 7) is 6.16. The number of likely N-dealkylation sites (N-methyl/N-ethyl adjacent to an activating group) is 1. The molecule has 2 aromatic rings. The average molecular weight is 510 g/mol. The largest absolute Gasteiger partial charge is 0.474 e. The first-order chi connectivity index (χ1) is 17.9. The van der Waals surface area contributed by atoms with Gasteiger partial charge in [0.1, 0.15) is 6.10 Å². The predicted molar refractivity (Wildman–Crippen MR) is 145 cm³/mol. The number of aromatic nitrogens is 1. The van der Waals surface area contributed by atoms with E-state index in [1.165, 1.54) is 12.8 Å². The molecule has 1 saturated heterocycles. The number of anilines is 3. The van der Waals surface area contributed by atoms with Crippen molar-refractivity contribution in [2.24, 2.45) is 0 Å². The van der Waals surface area contributed by atoms with E-state index in [0.717, 1.165) is 38.0 Å². The molecule has 2 fully saturated rings. The Morgan fingerprint density at radius 2 is 1.78 bits per heavy atom. The van der Waals surface area contributed by atoms with Crippen molar-refractivity contribution >= 4 is 29.1 Å². The Morgan fingerprint density at radius 3 is 2.46 bits per heavy atom. The van der Waals surface area contributed by atoms with Crippen LogP contribution in [0.25, 0.3) is 0 Å². The summed E-state index contributed by atoms with van der Waals surface area (Å²) in [6.07, 6.45) is 7.87. The van der Waals surface area contributed by atoms with Crippen molar-refractivity contribution in [3.05, 3.63) is 42.6 Å². The third-order valence-corrected chi connectivity index (χ3v) is 7.28. The quantitative estimate of drug-likeness (QED) is 0.440. The minimum atomic E-state index is -0.322. The molecule has 2 amide bonds. The number of hydrogen-bond acceptors (Lipinski definition) is 7. The first kappa shape index (κ1) is 26.7. The Morgan fingerprint density at radius 1 is 1.08 bits per heavy atom. The summed E-state index contributed by atoms with van der Waals surface area (Å²) in [4.78, 5) is 33.2. The van der Waals surface area contributed by atoms with Crippen molar-refractivity contribution < 1.29 is 19.1 Å². The van der Waals surface area contributed by atoms with Gasteiger partial charge in [-0.05, 0) is 83.3 Å². The smallest absolute Gasteiger partial charge is 0.323 e. The van der Waals surface area contributed by atoms with E-state index in [1.54, 1.807) is 18.3 Å². The monoisotopic (exact) mass is 509 g/mol. The third-order valence-electron chi connectivity index (χ3n) is 7.28. The predicted octanol–water partition coefficient (Wildman–Crippen LogP) is 4.90. The molecule has 0 radical (unpaired) electrons. The van der Waals surface area contributed by atoms with Crippen LogP contribution in [0.5, 0.6) is 5.88 Å². The zero-order valence-electron chi connectivity index (χ0n) is 22.1. The first-order valence-corrected chi connectivity index (χ1v) is 13.3. The Bertz CT molecular complexity index is 1020. The molecule has 1 aromatic heterocycles. The van der Waals surface area contributed by atoms with Gasteiger partial charge in [-0.3, -0.25) is 9.69 Å². The second-order valence-corrected chi connectivity index (χ2v) is 9.95. The first-order valence-electron chi connectivity index (χ1n) is 13.3. The number of pyridine rings is 1. The Kier molecular flexibility index (Phi) is 9.22. The molecule has 1 aliphatic heterocycles. The van der Waals surface area contributed by atoms with Crippen LogP contribution in [0.15, 0.2) is 42.6 Å². The molecule has 1 saturated carbocycles. The van der Waals surface area contributed by atoms with Crippen molar-refractivity contribution in [1.29, 1.82) is 0 Å². The van der Waals surface area contributed by atoms with Gasteiger partial charge in [-0.25, -0.2) is 9.78 Å². The van der Waals surface area contributed by atoms with E-state index in [-0.39, 0.29) is 24.1 Å². The molecule has 200 valence electrons. The summed E-state index contributed by atoms with van der Waals surface area (Å²) in [5, 5.41) is 5.69. The highest BCUT2D eigenvalue weighted by atomic mass is 16.5. The lowest BCUT2D eigenvalue weighted by Gasteiger charge is -2.30. The molecule has 2 heterocycles. The zero-order valence-corrected chi connectivity index (χ0v) is 22.1. The minimum Gasteiger partial charge on any atom is -0.474 e. The molecule has 2 N–H and O–H groups in total. The number of nitrogens with zero attached hydrogens (tertiary/aromatic N) is 3. The second kappa shape index (κ2) is 12.8. The molecule has 1 aliphatic carbocycles. The van der Waals surface area contributed by atoms with Crippen molar-refractivity contribution in [1.82, 2.24) is 9.88 Å². The number of nitrogens with one attached hydrogen (secondary N) is 2. The van der Waals surface area contributed by atoms with Crippen LogP contribution in [0.4, 0.5) is 21.9 Å². The molecule has 2 aliphatic rings. The van der Waals surface area contributed by atoms with Crippen LogP contribution in [-0.2, 0) is 9.53 Å². The van der Waals surface area contributed by atoms with Crippen LogP contribution in [0.1, 0.15) is 52.4 Å². The number of urea groups is 1. The van der Waals surface area contributed by atoms with Crippen molar-refractivity contribution in [2.45, 2.75) is 70.6 Å². The summed E-state index contributed by atoms with van der Waals surface area (Å²) < 4.78 is 11.0. The van der Waals surface area contributed by atoms with Crippen LogP contribution in [0.2, 0.25) is 0 Å². The number of amides is 2. The number of hydrogen-bond donors (Lipinski definition) is 2. The fourth-order valence-corrected chi connectivity index (χ4v) is 5.02. The lowest BCUT2D eigenvalue weighted by molar-refractivity contribution is -0.144. The molecule has 2 unspecified atom stereocenters. The van der Waals surface area contributed by atoms with Gasteiger partial charge in [0.15, 0.2) is 0 Å². The van der Waals surface area contributed by atoms with Crippen molar-refractivity contribution in [3.63, 3.8) is 0 Å². The molecule has 0 spiro atoms. The Hall–Kier alpha value is -3.33. The number of esters is 1. The van der Waals surface area contributed by atoms with E-state index < -0.39 is 0 Å². The van der Waals surface area contributed by atoms with Gasteiger partial charge in [0.05, 0.1) is 24.9 Å². The highest BCUT2D eigenvalue weighted by Crippen LogP contribution is 2.26. The Labute approximate surface area is 219 Å². The molecular formula is C28H39N5O4. The molecular weight excluding hydrogens is 470 g/mol. The standard InChI is InChI=1S/C28H39N5O4/c1-4-36-27(34)17-20(2)32(3)24-15-16-33(19-24)23-12-9-21(10-13-23)30-28(35)31-22-11-14-26(29-18-22)37-25-7-5-6-8-25/h9-14,18,20,24-25H,4-8,15-17,19H2,1-3H3,(H2,30,31,35). The van der Waals surface area contributed by atoms with Crippen LogP contribution >= 0.6 is 0 Å². The van der Waals surface area contributed by atoms with Gasteiger partial charge >= 0.3 is 12.0 Å². The third kappa shape index (κ3) is 7.58. The molecule has 37 heavy (non-hydrogen) atoms. The zero-order chi connectivity index (χ0) is 26.2. The van der Waals surface area contributed by atoms with Gasteiger partial charge in [-0.1, -0.05) is 0 Å². The second-order valence-electron chi connectivity index (χ2n) is 9.95. The summed E-state index contributed by atoms with van der Waals surface area (Å²) in [6, 6.07) is 11.6. The van der Waals surface area contributed by atoms with Gasteiger partial charge in [-0.2, -0.15) is 0 Å². The molecule has 4 rings (SSSR count). The summed E-state index contributed by atoms with van der Waals surface area (Å²) in [5.41, 5.74) is 2.44. The number of carbonyl (C=O) groups excluding carboxylic acids is 2. The van der Waals surface area contributed by atoms with E-state index in [4.69, 9.17) is 9.47 Å². The van der Waals surface area contributed by atoms with Crippen LogP contribution in [0.3, 0.4) is 0 Å². The van der Waals surface area contributed by atoms with Crippen molar-refractivity contribution in [2.75, 3.05) is 42.3 Å². The van der Waals surface area contributed by atoms with Gasteiger partial charge in [0, 0.05) is 42.6 Å². The van der Waals surface area contributed by atoms with Crippen LogP contribution in [-0.4, -0.2) is 66.8 Å². The number of ether oxygens (including phenoxy) is 2. The summed E-state index contributed by atoms with van der Waals surface area (Å²) in [7, 11) is 2.08. The topological polar surface area (TPSA) is 96.0 Å². The molecule has 2 atom stereocenters. The van der Waals surface area contributed by atoms with Gasteiger partial charge in [0.2, 0.25) is 5.88 Å². The van der Waals surface area contributed by atoms with E-state index in [2.05, 4.69) is 39.4 Å². The van der Waals surface area contributed by atoms with Gasteiger partial charge in [0.25, 0.3) is 0 Å². The summed E-state index contributed by atoms with van der Waals surface area (Å²) in [5.74, 6) is 0.447. The maximum absolute atomic E-state index is 12.5. The lowest BCUT2D eigenvalue weighted by atomic mass is 10.1. The van der Waals surface area contributed by atoms with Crippen LogP contribution < -0.4 is 20.3 Å². The van der Waals surface area contributed by atoms with Crippen molar-refractivity contribution in [3.8, 4) is 5.88 Å². The normalized spacial score (nSPS) is 18.6. The van der Waals surface area contributed by atoms with Gasteiger partial charge < -0.3 is 25.0 Å². The Balaban J connectivity index is 1.23. The van der Waals surface area contributed by atoms with Crippen LogP contribution in [0, 0.1) is 0 Å². The highest BCUT2D eigenvalue weighted by molar-refractivity contribution is 5.99. The summed E-state index contributed by atoms with van der Waals surface area (Å²) >= 11 is 0. The van der Waals surface area contributed by atoms with E-state index >= 15 is 0 Å². The average Bonchev–Trinajstić information content (AvgIpc) is 3.58. The molecule has 1 aromatic carbocycles. The maximum atomic E-state index is 12.5.